The van der Waals surface area contributed by atoms with Gasteiger partial charge in [0.25, 0.3) is 0 Å². The molecule has 0 amide bonds. The summed E-state index contributed by atoms with van der Waals surface area (Å²) in [6.45, 7) is 6.74. The summed E-state index contributed by atoms with van der Waals surface area (Å²) >= 11 is 0. The number of fused-ring (bicyclic) bond motifs is 1. The minimum absolute atomic E-state index is 0.429. The average Bonchev–Trinajstić information content (AvgIpc) is 3.18. The van der Waals surface area contributed by atoms with Gasteiger partial charge in [0, 0.05) is 37.7 Å². The highest BCUT2D eigenvalue weighted by atomic mass is 15.3. The van der Waals surface area contributed by atoms with Crippen molar-refractivity contribution in [3.8, 4) is 0 Å². The van der Waals surface area contributed by atoms with E-state index in [1.54, 1.807) is 12.5 Å². The minimum atomic E-state index is 0.429. The van der Waals surface area contributed by atoms with Gasteiger partial charge in [-0.25, -0.2) is 4.98 Å². The third kappa shape index (κ3) is 3.90. The van der Waals surface area contributed by atoms with E-state index in [2.05, 4.69) is 56.4 Å². The van der Waals surface area contributed by atoms with E-state index in [0.717, 1.165) is 43.1 Å². The Labute approximate surface area is 164 Å². The molecule has 1 atom stereocenters. The maximum atomic E-state index is 6.11. The fourth-order valence-electron chi connectivity index (χ4n) is 3.61. The molecule has 3 N–H and O–H groups in total. The van der Waals surface area contributed by atoms with Crippen LogP contribution >= 0.6 is 0 Å². The summed E-state index contributed by atoms with van der Waals surface area (Å²) in [6, 6.07) is 6.20. The van der Waals surface area contributed by atoms with E-state index in [4.69, 9.17) is 5.73 Å². The summed E-state index contributed by atoms with van der Waals surface area (Å²) in [7, 11) is 0. The molecule has 0 bridgehead atoms. The minimum Gasteiger partial charge on any atom is -0.370 e. The third-order valence-corrected chi connectivity index (χ3v) is 5.31. The molecule has 1 unspecified atom stereocenters. The molecule has 2 aromatic heterocycles. The number of hydrogen-bond donors (Lipinski definition) is 2. The zero-order chi connectivity index (χ0) is 19.5. The number of guanidine groups is 1. The van der Waals surface area contributed by atoms with Gasteiger partial charge in [0.2, 0.25) is 5.65 Å². The Bertz CT molecular complexity index is 993. The van der Waals surface area contributed by atoms with Crippen LogP contribution in [0.4, 0.5) is 11.5 Å². The highest BCUT2D eigenvalue weighted by molar-refractivity contribution is 5.92. The smallest absolute Gasteiger partial charge is 0.203 e. The Hall–Kier alpha value is -3.16. The number of anilines is 2. The number of aliphatic imine (C=N–C) groups is 1. The SMILES string of the molecule is Cc1ccc(NC(N)=NCC2CCCN(c3nccn4cnnc34)C2)cc1C. The molecule has 1 aromatic carbocycles. The molecule has 1 fully saturated rings. The Kier molecular flexibility index (Phi) is 5.10. The van der Waals surface area contributed by atoms with Gasteiger partial charge >= 0.3 is 0 Å². The van der Waals surface area contributed by atoms with Crippen molar-refractivity contribution in [3.05, 3.63) is 48.0 Å². The molecule has 0 aliphatic carbocycles. The maximum Gasteiger partial charge on any atom is 0.203 e. The number of benzene rings is 1. The molecule has 1 saturated heterocycles. The molecule has 146 valence electrons. The average molecular weight is 378 g/mol. The van der Waals surface area contributed by atoms with Gasteiger partial charge in [-0.15, -0.1) is 10.2 Å². The fourth-order valence-corrected chi connectivity index (χ4v) is 3.61. The van der Waals surface area contributed by atoms with Crippen LogP contribution in [0.25, 0.3) is 5.65 Å². The lowest BCUT2D eigenvalue weighted by atomic mass is 9.98. The Morgan fingerprint density at radius 1 is 1.32 bits per heavy atom. The van der Waals surface area contributed by atoms with E-state index in [1.165, 1.54) is 11.1 Å². The van der Waals surface area contributed by atoms with E-state index in [1.807, 2.05) is 16.7 Å². The summed E-state index contributed by atoms with van der Waals surface area (Å²) in [6.07, 6.45) is 7.59. The number of nitrogens with zero attached hydrogens (tertiary/aromatic N) is 6. The van der Waals surface area contributed by atoms with E-state index in [9.17, 15) is 0 Å². The van der Waals surface area contributed by atoms with E-state index >= 15 is 0 Å². The van der Waals surface area contributed by atoms with Crippen LogP contribution in [0.15, 0.2) is 41.9 Å². The van der Waals surface area contributed by atoms with Crippen LogP contribution in [0.1, 0.15) is 24.0 Å². The second kappa shape index (κ2) is 7.84. The van der Waals surface area contributed by atoms with Crippen molar-refractivity contribution in [1.29, 1.82) is 0 Å². The van der Waals surface area contributed by atoms with Crippen molar-refractivity contribution in [3.63, 3.8) is 0 Å². The van der Waals surface area contributed by atoms with Gasteiger partial charge in [-0.1, -0.05) is 6.07 Å². The maximum absolute atomic E-state index is 6.11. The lowest BCUT2D eigenvalue weighted by molar-refractivity contribution is 0.422. The summed E-state index contributed by atoms with van der Waals surface area (Å²) in [5, 5.41) is 11.4. The zero-order valence-electron chi connectivity index (χ0n) is 16.3. The molecule has 1 aliphatic rings. The Balaban J connectivity index is 1.40. The Morgan fingerprint density at radius 2 is 2.21 bits per heavy atom. The lowest BCUT2D eigenvalue weighted by Crippen LogP contribution is -2.38. The zero-order valence-corrected chi connectivity index (χ0v) is 16.3. The molecule has 0 saturated carbocycles. The number of aryl methyl sites for hydroxylation is 2. The molecule has 3 aromatic rings. The van der Waals surface area contributed by atoms with Gasteiger partial charge in [-0.3, -0.25) is 9.39 Å². The molecule has 28 heavy (non-hydrogen) atoms. The van der Waals surface area contributed by atoms with Crippen LogP contribution in [0.5, 0.6) is 0 Å². The summed E-state index contributed by atoms with van der Waals surface area (Å²) < 4.78 is 1.90. The number of rotatable bonds is 4. The first kappa shape index (κ1) is 18.2. The first-order valence-corrected chi connectivity index (χ1v) is 9.63. The van der Waals surface area contributed by atoms with Crippen LogP contribution in [-0.2, 0) is 0 Å². The van der Waals surface area contributed by atoms with Crippen molar-refractivity contribution in [1.82, 2.24) is 19.6 Å². The highest BCUT2D eigenvalue weighted by Crippen LogP contribution is 2.24. The number of aromatic nitrogens is 4. The molecular formula is C20H26N8. The van der Waals surface area contributed by atoms with Crippen LogP contribution in [-0.4, -0.2) is 45.2 Å². The molecule has 4 rings (SSSR count). The van der Waals surface area contributed by atoms with Crippen LogP contribution in [0.2, 0.25) is 0 Å². The van der Waals surface area contributed by atoms with Crippen molar-refractivity contribution in [2.24, 2.45) is 16.6 Å². The predicted molar refractivity (Wildman–Crippen MR) is 112 cm³/mol. The van der Waals surface area contributed by atoms with Crippen molar-refractivity contribution >= 4 is 23.1 Å². The largest absolute Gasteiger partial charge is 0.370 e. The molecule has 0 spiro atoms. The molecule has 1 aliphatic heterocycles. The van der Waals surface area contributed by atoms with Crippen molar-refractivity contribution in [2.45, 2.75) is 26.7 Å². The monoisotopic (exact) mass is 378 g/mol. The van der Waals surface area contributed by atoms with Crippen molar-refractivity contribution < 1.29 is 0 Å². The van der Waals surface area contributed by atoms with Gasteiger partial charge in [0.1, 0.15) is 6.33 Å². The first-order chi connectivity index (χ1) is 13.6. The van der Waals surface area contributed by atoms with Gasteiger partial charge < -0.3 is 16.0 Å². The van der Waals surface area contributed by atoms with Gasteiger partial charge in [-0.05, 0) is 55.9 Å². The fraction of sp³-hybridized carbons (Fsp3) is 0.400. The number of nitrogens with one attached hydrogen (secondary N) is 1. The van der Waals surface area contributed by atoms with Gasteiger partial charge in [0.15, 0.2) is 11.8 Å². The molecule has 8 nitrogen and oxygen atoms in total. The topological polar surface area (TPSA) is 96.7 Å². The quantitative estimate of drug-likeness (QED) is 0.534. The summed E-state index contributed by atoms with van der Waals surface area (Å²) in [4.78, 5) is 11.4. The number of nitrogens with two attached hydrogens (primary N) is 1. The van der Waals surface area contributed by atoms with Crippen molar-refractivity contribution in [2.75, 3.05) is 29.9 Å². The van der Waals surface area contributed by atoms with Crippen LogP contribution < -0.4 is 16.0 Å². The first-order valence-electron chi connectivity index (χ1n) is 9.63. The molecule has 8 heteroatoms. The van der Waals surface area contributed by atoms with E-state index in [0.29, 0.717) is 18.4 Å². The molecule has 0 radical (unpaired) electrons. The number of hydrogen-bond acceptors (Lipinski definition) is 5. The van der Waals surface area contributed by atoms with Gasteiger partial charge in [0.05, 0.1) is 0 Å². The Morgan fingerprint density at radius 3 is 3.07 bits per heavy atom. The van der Waals surface area contributed by atoms with Crippen LogP contribution in [0.3, 0.4) is 0 Å². The standard InChI is InChI=1S/C20H26N8/c1-14-5-6-17(10-15(14)2)25-20(21)23-11-16-4-3-8-27(12-16)18-19-26-24-13-28(19)9-7-22-18/h5-7,9-10,13,16H,3-4,8,11-12H2,1-2H3,(H3,21,23,25). The summed E-state index contributed by atoms with van der Waals surface area (Å²) in [5.74, 6) is 1.77. The summed E-state index contributed by atoms with van der Waals surface area (Å²) in [5.41, 5.74) is 10.4. The van der Waals surface area contributed by atoms with Crippen LogP contribution in [0, 0.1) is 19.8 Å². The van der Waals surface area contributed by atoms with E-state index in [-0.39, 0.29) is 0 Å². The molecular weight excluding hydrogens is 352 g/mol. The predicted octanol–water partition coefficient (Wildman–Crippen LogP) is 2.38. The second-order valence-electron chi connectivity index (χ2n) is 7.42. The second-order valence-corrected chi connectivity index (χ2v) is 7.42. The number of piperidine rings is 1. The van der Waals surface area contributed by atoms with Gasteiger partial charge in [-0.2, -0.15) is 0 Å². The van der Waals surface area contributed by atoms with E-state index < -0.39 is 0 Å². The molecule has 3 heterocycles. The normalized spacial score (nSPS) is 17.9. The lowest BCUT2D eigenvalue weighted by Gasteiger charge is -2.32. The highest BCUT2D eigenvalue weighted by Gasteiger charge is 2.23. The third-order valence-electron chi connectivity index (χ3n) is 5.31.